The average molecular weight is 246 g/mol. The van der Waals surface area contributed by atoms with Gasteiger partial charge in [0.15, 0.2) is 5.69 Å². The summed E-state index contributed by atoms with van der Waals surface area (Å²) in [4.78, 5) is 19.8. The fourth-order valence-corrected chi connectivity index (χ4v) is 1.64. The van der Waals surface area contributed by atoms with Crippen molar-refractivity contribution >= 4 is 11.8 Å². The van der Waals surface area contributed by atoms with Gasteiger partial charge in [-0.15, -0.1) is 0 Å². The minimum atomic E-state index is -0.518. The molecule has 0 atom stereocenters. The zero-order valence-corrected chi connectivity index (χ0v) is 10.3. The molecule has 18 heavy (non-hydrogen) atoms. The summed E-state index contributed by atoms with van der Waals surface area (Å²) in [5, 5.41) is 0. The number of nitrogens with zero attached hydrogens (tertiary/aromatic N) is 3. The highest BCUT2D eigenvalue weighted by molar-refractivity contribution is 5.92. The Morgan fingerprint density at radius 3 is 2.94 bits per heavy atom. The van der Waals surface area contributed by atoms with Crippen LogP contribution in [-0.4, -0.2) is 27.1 Å². The molecule has 0 amide bonds. The van der Waals surface area contributed by atoms with E-state index in [9.17, 15) is 4.79 Å². The van der Waals surface area contributed by atoms with Crippen molar-refractivity contribution in [2.75, 3.05) is 12.3 Å². The topological polar surface area (TPSA) is 83.0 Å². The van der Waals surface area contributed by atoms with Gasteiger partial charge in [-0.1, -0.05) is 0 Å². The van der Waals surface area contributed by atoms with Gasteiger partial charge < -0.3 is 10.5 Å². The second kappa shape index (κ2) is 4.87. The van der Waals surface area contributed by atoms with E-state index in [1.807, 2.05) is 13.0 Å². The SMILES string of the molecule is CCOC(=O)c1ncn(-c2cccnc2C)c1N. The van der Waals surface area contributed by atoms with E-state index in [0.717, 1.165) is 11.4 Å². The largest absolute Gasteiger partial charge is 0.461 e. The Hall–Kier alpha value is -2.37. The Morgan fingerprint density at radius 2 is 2.28 bits per heavy atom. The molecule has 0 aliphatic carbocycles. The fraction of sp³-hybridized carbons (Fsp3) is 0.250. The van der Waals surface area contributed by atoms with Crippen LogP contribution >= 0.6 is 0 Å². The second-order valence-electron chi connectivity index (χ2n) is 3.68. The number of anilines is 1. The monoisotopic (exact) mass is 246 g/mol. The zero-order valence-electron chi connectivity index (χ0n) is 10.3. The lowest BCUT2D eigenvalue weighted by molar-refractivity contribution is 0.0521. The number of aromatic nitrogens is 3. The summed E-state index contributed by atoms with van der Waals surface area (Å²) in [6, 6.07) is 3.65. The molecular formula is C12H14N4O2. The van der Waals surface area contributed by atoms with Crippen molar-refractivity contribution in [2.24, 2.45) is 0 Å². The van der Waals surface area contributed by atoms with Gasteiger partial charge in [0.2, 0.25) is 0 Å². The fourth-order valence-electron chi connectivity index (χ4n) is 1.64. The summed E-state index contributed by atoms with van der Waals surface area (Å²) < 4.78 is 6.50. The van der Waals surface area contributed by atoms with Gasteiger partial charge in [-0.2, -0.15) is 0 Å². The van der Waals surface area contributed by atoms with E-state index in [1.165, 1.54) is 6.33 Å². The molecule has 2 N–H and O–H groups in total. The number of esters is 1. The molecule has 2 heterocycles. The molecule has 0 aliphatic rings. The molecule has 0 saturated heterocycles. The first-order valence-electron chi connectivity index (χ1n) is 5.57. The van der Waals surface area contributed by atoms with E-state index in [1.54, 1.807) is 23.8 Å². The number of carbonyl (C=O) groups excluding carboxylic acids is 1. The van der Waals surface area contributed by atoms with E-state index in [-0.39, 0.29) is 18.1 Å². The molecule has 0 unspecified atom stereocenters. The number of rotatable bonds is 3. The van der Waals surface area contributed by atoms with Crippen LogP contribution in [0.2, 0.25) is 0 Å². The van der Waals surface area contributed by atoms with Gasteiger partial charge in [0, 0.05) is 6.20 Å². The summed E-state index contributed by atoms with van der Waals surface area (Å²) >= 11 is 0. The first-order chi connectivity index (χ1) is 8.65. The van der Waals surface area contributed by atoms with Gasteiger partial charge in [0.05, 0.1) is 18.0 Å². The number of imidazole rings is 1. The highest BCUT2D eigenvalue weighted by Crippen LogP contribution is 2.19. The molecule has 0 radical (unpaired) electrons. The van der Waals surface area contributed by atoms with Crippen LogP contribution in [0.25, 0.3) is 5.69 Å². The highest BCUT2D eigenvalue weighted by Gasteiger charge is 2.18. The van der Waals surface area contributed by atoms with E-state index < -0.39 is 5.97 Å². The molecule has 0 saturated carbocycles. The van der Waals surface area contributed by atoms with Crippen molar-refractivity contribution in [3.63, 3.8) is 0 Å². The van der Waals surface area contributed by atoms with Gasteiger partial charge in [-0.3, -0.25) is 9.55 Å². The Balaban J connectivity index is 2.43. The molecular weight excluding hydrogens is 232 g/mol. The van der Waals surface area contributed by atoms with Crippen LogP contribution < -0.4 is 5.73 Å². The van der Waals surface area contributed by atoms with Crippen molar-refractivity contribution in [1.29, 1.82) is 0 Å². The molecule has 0 aliphatic heterocycles. The van der Waals surface area contributed by atoms with E-state index in [2.05, 4.69) is 9.97 Å². The number of hydrogen-bond acceptors (Lipinski definition) is 5. The molecule has 2 rings (SSSR count). The number of nitrogens with two attached hydrogens (primary N) is 1. The van der Waals surface area contributed by atoms with Crippen molar-refractivity contribution in [3.05, 3.63) is 36.0 Å². The Bertz CT molecular complexity index is 577. The van der Waals surface area contributed by atoms with Crippen LogP contribution in [0.1, 0.15) is 23.1 Å². The van der Waals surface area contributed by atoms with Crippen LogP contribution in [0.5, 0.6) is 0 Å². The summed E-state index contributed by atoms with van der Waals surface area (Å²) in [5.74, 6) is -0.264. The maximum atomic E-state index is 11.6. The standard InChI is InChI=1S/C12H14N4O2/c1-3-18-12(17)10-11(13)16(7-15-10)9-5-4-6-14-8(9)2/h4-7H,3,13H2,1-2H3. The van der Waals surface area contributed by atoms with Crippen LogP contribution in [0.4, 0.5) is 5.82 Å². The summed E-state index contributed by atoms with van der Waals surface area (Å²) in [6.45, 7) is 3.88. The number of nitrogen functional groups attached to an aromatic ring is 1. The smallest absolute Gasteiger partial charge is 0.360 e. The van der Waals surface area contributed by atoms with Gasteiger partial charge in [0.1, 0.15) is 12.1 Å². The molecule has 0 fully saturated rings. The number of hydrogen-bond donors (Lipinski definition) is 1. The molecule has 0 bridgehead atoms. The third-order valence-corrected chi connectivity index (χ3v) is 2.51. The third kappa shape index (κ3) is 2.04. The van der Waals surface area contributed by atoms with Crippen molar-refractivity contribution in [3.8, 4) is 5.69 Å². The quantitative estimate of drug-likeness (QED) is 0.826. The Labute approximate surface area is 104 Å². The lowest BCUT2D eigenvalue weighted by atomic mass is 10.3. The van der Waals surface area contributed by atoms with E-state index in [4.69, 9.17) is 10.5 Å². The summed E-state index contributed by atoms with van der Waals surface area (Å²) in [6.07, 6.45) is 3.18. The van der Waals surface area contributed by atoms with Crippen LogP contribution in [0, 0.1) is 6.92 Å². The number of pyridine rings is 1. The van der Waals surface area contributed by atoms with Crippen LogP contribution in [0.15, 0.2) is 24.7 Å². The molecule has 2 aromatic heterocycles. The minimum absolute atomic E-state index is 0.125. The van der Waals surface area contributed by atoms with Gasteiger partial charge in [-0.25, -0.2) is 9.78 Å². The highest BCUT2D eigenvalue weighted by atomic mass is 16.5. The van der Waals surface area contributed by atoms with Gasteiger partial charge in [0.25, 0.3) is 0 Å². The van der Waals surface area contributed by atoms with Crippen molar-refractivity contribution in [1.82, 2.24) is 14.5 Å². The normalized spacial score (nSPS) is 10.3. The van der Waals surface area contributed by atoms with Crippen LogP contribution in [-0.2, 0) is 4.74 Å². The Morgan fingerprint density at radius 1 is 1.50 bits per heavy atom. The van der Waals surface area contributed by atoms with Gasteiger partial charge in [-0.05, 0) is 26.0 Å². The number of aryl methyl sites for hydroxylation is 1. The summed E-state index contributed by atoms with van der Waals surface area (Å²) in [5.41, 5.74) is 7.63. The number of ether oxygens (including phenoxy) is 1. The zero-order chi connectivity index (χ0) is 13.1. The maximum absolute atomic E-state index is 11.6. The van der Waals surface area contributed by atoms with Crippen molar-refractivity contribution < 1.29 is 9.53 Å². The summed E-state index contributed by atoms with van der Waals surface area (Å²) in [7, 11) is 0. The average Bonchev–Trinajstić information content (AvgIpc) is 2.72. The molecule has 0 spiro atoms. The number of carbonyl (C=O) groups is 1. The minimum Gasteiger partial charge on any atom is -0.461 e. The predicted molar refractivity (Wildman–Crippen MR) is 66.5 cm³/mol. The Kier molecular flexibility index (Phi) is 3.27. The lowest BCUT2D eigenvalue weighted by Gasteiger charge is -2.07. The maximum Gasteiger partial charge on any atom is 0.360 e. The third-order valence-electron chi connectivity index (χ3n) is 2.51. The molecule has 2 aromatic rings. The predicted octanol–water partition coefficient (Wildman–Crippen LogP) is 1.33. The lowest BCUT2D eigenvalue weighted by Crippen LogP contribution is -2.10. The first kappa shape index (κ1) is 12.1. The molecule has 6 nitrogen and oxygen atoms in total. The molecule has 6 heteroatoms. The van der Waals surface area contributed by atoms with Crippen molar-refractivity contribution in [2.45, 2.75) is 13.8 Å². The second-order valence-corrected chi connectivity index (χ2v) is 3.68. The van der Waals surface area contributed by atoms with E-state index >= 15 is 0 Å². The van der Waals surface area contributed by atoms with Crippen LogP contribution in [0.3, 0.4) is 0 Å². The molecule has 94 valence electrons. The van der Waals surface area contributed by atoms with E-state index in [0.29, 0.717) is 0 Å². The molecule has 0 aromatic carbocycles. The first-order valence-corrected chi connectivity index (χ1v) is 5.57. The van der Waals surface area contributed by atoms with Gasteiger partial charge >= 0.3 is 5.97 Å².